The maximum atomic E-state index is 12.4. The average molecular weight is 376 g/mol. The lowest BCUT2D eigenvalue weighted by Gasteiger charge is -2.25. The number of nitrogens with one attached hydrogen (secondary N) is 2. The summed E-state index contributed by atoms with van der Waals surface area (Å²) in [7, 11) is 0. The number of azo groups is 1. The molecular formula is C21H20N4O3. The molecule has 0 bridgehead atoms. The van der Waals surface area contributed by atoms with Crippen molar-refractivity contribution < 1.29 is 9.59 Å². The molecule has 142 valence electrons. The molecular weight excluding hydrogens is 356 g/mol. The zero-order valence-corrected chi connectivity index (χ0v) is 15.3. The maximum Gasteiger partial charge on any atom is 0.291 e. The van der Waals surface area contributed by atoms with E-state index >= 15 is 0 Å². The van der Waals surface area contributed by atoms with Gasteiger partial charge in [0, 0.05) is 23.9 Å². The molecule has 4 rings (SSSR count). The average Bonchev–Trinajstić information content (AvgIpc) is 2.71. The highest BCUT2D eigenvalue weighted by Crippen LogP contribution is 2.33. The lowest BCUT2D eigenvalue weighted by molar-refractivity contribution is -0.115. The normalized spacial score (nSPS) is 18.7. The minimum Gasteiger partial charge on any atom is -0.328 e. The molecule has 1 aromatic heterocycles. The van der Waals surface area contributed by atoms with Crippen LogP contribution in [0.5, 0.6) is 0 Å². The quantitative estimate of drug-likeness (QED) is 0.854. The first-order chi connectivity index (χ1) is 13.6. The third kappa shape index (κ3) is 3.69. The molecule has 1 aliphatic carbocycles. The second-order valence-corrected chi connectivity index (χ2v) is 7.02. The number of hydrogen-bond donors (Lipinski definition) is 2. The molecule has 7 heteroatoms. The van der Waals surface area contributed by atoms with Crippen LogP contribution in [0.15, 0.2) is 68.8 Å². The number of hydrogen-bond acceptors (Lipinski definition) is 4. The van der Waals surface area contributed by atoms with E-state index in [-0.39, 0.29) is 17.5 Å². The molecule has 2 aromatic rings. The number of aromatic nitrogens is 1. The van der Waals surface area contributed by atoms with Gasteiger partial charge in [0.15, 0.2) is 0 Å². The van der Waals surface area contributed by atoms with Crippen LogP contribution in [0.1, 0.15) is 41.6 Å². The Labute approximate surface area is 161 Å². The van der Waals surface area contributed by atoms with Crippen molar-refractivity contribution >= 4 is 17.5 Å². The fourth-order valence-electron chi connectivity index (χ4n) is 3.76. The second-order valence-electron chi connectivity index (χ2n) is 7.02. The van der Waals surface area contributed by atoms with Gasteiger partial charge < -0.3 is 10.3 Å². The Hall–Kier alpha value is -3.35. The Morgan fingerprint density at radius 2 is 2.00 bits per heavy atom. The van der Waals surface area contributed by atoms with Crippen molar-refractivity contribution in [3.63, 3.8) is 0 Å². The van der Waals surface area contributed by atoms with Crippen LogP contribution in [0.4, 0.5) is 5.69 Å². The van der Waals surface area contributed by atoms with Crippen LogP contribution < -0.4 is 10.9 Å². The summed E-state index contributed by atoms with van der Waals surface area (Å²) < 4.78 is 0. The van der Waals surface area contributed by atoms with E-state index in [1.807, 2.05) is 18.2 Å². The van der Waals surface area contributed by atoms with Crippen molar-refractivity contribution in [2.75, 3.05) is 5.32 Å². The molecule has 1 unspecified atom stereocenters. The summed E-state index contributed by atoms with van der Waals surface area (Å²) in [6.45, 7) is 0. The number of carbonyl (C=O) groups excluding carboxylic acids is 2. The molecule has 0 radical (unpaired) electrons. The fourth-order valence-corrected chi connectivity index (χ4v) is 3.76. The summed E-state index contributed by atoms with van der Waals surface area (Å²) in [5.74, 6) is -0.653. The van der Waals surface area contributed by atoms with E-state index in [9.17, 15) is 14.4 Å². The van der Waals surface area contributed by atoms with Crippen LogP contribution in [0.25, 0.3) is 0 Å². The van der Waals surface area contributed by atoms with Crippen LogP contribution in [0.3, 0.4) is 0 Å². The van der Waals surface area contributed by atoms with Gasteiger partial charge in [-0.3, -0.25) is 14.4 Å². The van der Waals surface area contributed by atoms with E-state index in [4.69, 9.17) is 0 Å². The zero-order valence-electron chi connectivity index (χ0n) is 15.3. The molecule has 1 aliphatic heterocycles. The highest BCUT2D eigenvalue weighted by Gasteiger charge is 2.28. The second kappa shape index (κ2) is 7.72. The van der Waals surface area contributed by atoms with Crippen molar-refractivity contribution in [1.29, 1.82) is 0 Å². The summed E-state index contributed by atoms with van der Waals surface area (Å²) in [6, 6.07) is 10.4. The number of amides is 2. The van der Waals surface area contributed by atoms with Crippen LogP contribution in [0, 0.1) is 0 Å². The molecule has 2 aliphatic rings. The number of benzene rings is 1. The van der Waals surface area contributed by atoms with Gasteiger partial charge in [0.25, 0.3) is 17.4 Å². The number of nitrogens with zero attached hydrogens (tertiary/aromatic N) is 2. The van der Waals surface area contributed by atoms with Crippen LogP contribution in [-0.2, 0) is 11.2 Å². The summed E-state index contributed by atoms with van der Waals surface area (Å²) >= 11 is 0. The number of aromatic amines is 1. The number of carbonyl (C=O) groups is 2. The lowest BCUT2D eigenvalue weighted by Crippen LogP contribution is -2.23. The van der Waals surface area contributed by atoms with E-state index in [0.717, 1.165) is 42.4 Å². The lowest BCUT2D eigenvalue weighted by atomic mass is 9.84. The van der Waals surface area contributed by atoms with Gasteiger partial charge in [0.1, 0.15) is 5.56 Å². The molecule has 0 saturated carbocycles. The van der Waals surface area contributed by atoms with Gasteiger partial charge in [-0.2, -0.15) is 5.11 Å². The van der Waals surface area contributed by atoms with E-state index in [0.29, 0.717) is 12.1 Å². The zero-order chi connectivity index (χ0) is 19.5. The van der Waals surface area contributed by atoms with Gasteiger partial charge in [0.05, 0.1) is 6.04 Å². The van der Waals surface area contributed by atoms with Gasteiger partial charge >= 0.3 is 0 Å². The molecule has 0 spiro atoms. The Balaban J connectivity index is 1.51. The summed E-state index contributed by atoms with van der Waals surface area (Å²) in [4.78, 5) is 38.6. The predicted molar refractivity (Wildman–Crippen MR) is 104 cm³/mol. The van der Waals surface area contributed by atoms with Crippen LogP contribution in [0.2, 0.25) is 0 Å². The predicted octanol–water partition coefficient (Wildman–Crippen LogP) is 3.40. The molecule has 28 heavy (non-hydrogen) atoms. The Bertz CT molecular complexity index is 1050. The smallest absolute Gasteiger partial charge is 0.291 e. The molecule has 0 fully saturated rings. The molecule has 1 aromatic carbocycles. The van der Waals surface area contributed by atoms with Crippen molar-refractivity contribution in [1.82, 2.24) is 4.98 Å². The molecule has 2 N–H and O–H groups in total. The Morgan fingerprint density at radius 1 is 1.14 bits per heavy atom. The van der Waals surface area contributed by atoms with Crippen molar-refractivity contribution in [3.05, 3.63) is 75.2 Å². The van der Waals surface area contributed by atoms with Crippen LogP contribution in [-0.4, -0.2) is 22.8 Å². The number of H-pyrrole nitrogens is 1. The first-order valence-electron chi connectivity index (χ1n) is 9.37. The van der Waals surface area contributed by atoms with Gasteiger partial charge in [-0.05, 0) is 61.1 Å². The summed E-state index contributed by atoms with van der Waals surface area (Å²) in [5, 5.41) is 10.8. The Kier molecular flexibility index (Phi) is 4.97. The van der Waals surface area contributed by atoms with E-state index in [1.54, 1.807) is 12.1 Å². The fraction of sp³-hybridized carbons (Fsp3) is 0.286. The molecule has 7 nitrogen and oxygen atoms in total. The highest BCUT2D eigenvalue weighted by atomic mass is 16.2. The minimum absolute atomic E-state index is 0.0597. The van der Waals surface area contributed by atoms with E-state index in [2.05, 4.69) is 20.5 Å². The SMILES string of the molecule is O=C1N=NC(Cc2cccc(NC(=O)c3ccc[nH]c3=O)c2)C2=C1CCCC2. The van der Waals surface area contributed by atoms with Crippen molar-refractivity contribution in [3.8, 4) is 0 Å². The summed E-state index contributed by atoms with van der Waals surface area (Å²) in [5.41, 5.74) is 3.16. The van der Waals surface area contributed by atoms with Gasteiger partial charge in [-0.25, -0.2) is 0 Å². The summed E-state index contributed by atoms with van der Waals surface area (Å²) in [6.07, 6.45) is 5.86. The number of anilines is 1. The monoisotopic (exact) mass is 376 g/mol. The third-order valence-electron chi connectivity index (χ3n) is 5.14. The van der Waals surface area contributed by atoms with Crippen molar-refractivity contribution in [2.24, 2.45) is 10.2 Å². The Morgan fingerprint density at radius 3 is 2.86 bits per heavy atom. The third-order valence-corrected chi connectivity index (χ3v) is 5.14. The van der Waals surface area contributed by atoms with Gasteiger partial charge in [-0.1, -0.05) is 12.1 Å². The standard InChI is InChI=1S/C21H20N4O3/c26-19-17(9-4-10-22-19)20(27)23-14-6-3-5-13(11-14)12-18-15-7-1-2-8-16(15)21(28)25-24-18/h3-6,9-11,18H,1-2,7-8,12H2,(H,22,26)(H,23,27). The van der Waals surface area contributed by atoms with Crippen LogP contribution >= 0.6 is 0 Å². The van der Waals surface area contributed by atoms with Gasteiger partial charge in [-0.15, -0.1) is 5.11 Å². The highest BCUT2D eigenvalue weighted by molar-refractivity contribution is 6.04. The minimum atomic E-state index is -0.459. The van der Waals surface area contributed by atoms with E-state index in [1.165, 1.54) is 12.3 Å². The number of rotatable bonds is 4. The van der Waals surface area contributed by atoms with Gasteiger partial charge in [0.2, 0.25) is 0 Å². The molecule has 1 atom stereocenters. The van der Waals surface area contributed by atoms with Crippen molar-refractivity contribution in [2.45, 2.75) is 38.1 Å². The molecule has 0 saturated heterocycles. The maximum absolute atomic E-state index is 12.4. The number of pyridine rings is 1. The largest absolute Gasteiger partial charge is 0.328 e. The molecule has 2 heterocycles. The molecule has 2 amide bonds. The van der Waals surface area contributed by atoms with E-state index < -0.39 is 11.5 Å². The topological polar surface area (TPSA) is 104 Å². The first-order valence-corrected chi connectivity index (χ1v) is 9.37. The first kappa shape index (κ1) is 18.0.